The van der Waals surface area contributed by atoms with Crippen LogP contribution < -0.4 is 5.32 Å². The van der Waals surface area contributed by atoms with Gasteiger partial charge in [-0.15, -0.1) is 10.2 Å². The molecule has 0 bridgehead atoms. The number of nitrogens with one attached hydrogen (secondary N) is 1. The second kappa shape index (κ2) is 12.2. The van der Waals surface area contributed by atoms with E-state index in [-0.39, 0.29) is 11.7 Å². The maximum Gasteiger partial charge on any atom is 0.220 e. The summed E-state index contributed by atoms with van der Waals surface area (Å²) in [6.07, 6.45) is 1.75. The Morgan fingerprint density at radius 2 is 1.81 bits per heavy atom. The zero-order valence-electron chi connectivity index (χ0n) is 20.2. The lowest BCUT2D eigenvalue weighted by atomic mass is 10.0. The predicted molar refractivity (Wildman–Crippen MR) is 143 cm³/mol. The van der Waals surface area contributed by atoms with Crippen molar-refractivity contribution in [2.75, 3.05) is 0 Å². The van der Waals surface area contributed by atoms with Gasteiger partial charge in [-0.05, 0) is 60.7 Å². The van der Waals surface area contributed by atoms with Crippen LogP contribution in [0.3, 0.4) is 0 Å². The molecule has 1 atom stereocenters. The van der Waals surface area contributed by atoms with E-state index in [1.807, 2.05) is 66.9 Å². The number of nitrogens with zero attached hydrogens (tertiary/aromatic N) is 3. The molecule has 1 unspecified atom stereocenters. The van der Waals surface area contributed by atoms with Gasteiger partial charge in [-0.2, -0.15) is 0 Å². The zero-order valence-corrected chi connectivity index (χ0v) is 21.8. The van der Waals surface area contributed by atoms with Gasteiger partial charge in [0.1, 0.15) is 5.82 Å². The van der Waals surface area contributed by atoms with Crippen molar-refractivity contribution in [3.05, 3.63) is 106 Å². The molecular weight excluding hydrogens is 495 g/mol. The fraction of sp³-hybridized carbons (Fsp3) is 0.250. The summed E-state index contributed by atoms with van der Waals surface area (Å²) >= 11 is 7.90. The van der Waals surface area contributed by atoms with E-state index in [9.17, 15) is 9.18 Å². The lowest BCUT2D eigenvalue weighted by Crippen LogP contribution is -2.31. The van der Waals surface area contributed by atoms with Gasteiger partial charge in [-0.25, -0.2) is 4.39 Å². The first-order valence-corrected chi connectivity index (χ1v) is 13.2. The highest BCUT2D eigenvalue weighted by Gasteiger charge is 2.25. The third-order valence-corrected chi connectivity index (χ3v) is 6.99. The van der Waals surface area contributed by atoms with Crippen LogP contribution in [0.15, 0.2) is 78.0 Å². The summed E-state index contributed by atoms with van der Waals surface area (Å²) in [4.78, 5) is 12.7. The average molecular weight is 523 g/mol. The quantitative estimate of drug-likeness (QED) is 0.231. The summed E-state index contributed by atoms with van der Waals surface area (Å²) in [7, 11) is 0. The number of aromatic nitrogens is 3. The van der Waals surface area contributed by atoms with Crippen molar-refractivity contribution in [3.63, 3.8) is 0 Å². The van der Waals surface area contributed by atoms with Crippen LogP contribution in [0.2, 0.25) is 5.02 Å². The number of hydrogen-bond donors (Lipinski definition) is 1. The van der Waals surface area contributed by atoms with Crippen LogP contribution in [0.5, 0.6) is 0 Å². The molecule has 0 aliphatic rings. The predicted octanol–water partition coefficient (Wildman–Crippen LogP) is 6.86. The first-order chi connectivity index (χ1) is 17.4. The minimum absolute atomic E-state index is 0.0312. The molecule has 186 valence electrons. The topological polar surface area (TPSA) is 59.8 Å². The van der Waals surface area contributed by atoms with Crippen LogP contribution in [0.25, 0.3) is 5.69 Å². The lowest BCUT2D eigenvalue weighted by Gasteiger charge is -2.21. The molecule has 0 saturated heterocycles. The van der Waals surface area contributed by atoms with E-state index in [1.165, 1.54) is 23.9 Å². The number of rotatable bonds is 10. The molecule has 8 heteroatoms. The first-order valence-electron chi connectivity index (χ1n) is 11.9. The minimum atomic E-state index is -0.391. The van der Waals surface area contributed by atoms with Crippen molar-refractivity contribution in [1.82, 2.24) is 20.1 Å². The zero-order chi connectivity index (χ0) is 25.5. The maximum absolute atomic E-state index is 13.4. The van der Waals surface area contributed by atoms with Gasteiger partial charge in [-0.3, -0.25) is 9.36 Å². The molecule has 0 aliphatic heterocycles. The van der Waals surface area contributed by atoms with Gasteiger partial charge in [0.25, 0.3) is 0 Å². The highest BCUT2D eigenvalue weighted by atomic mass is 35.5. The smallest absolute Gasteiger partial charge is 0.220 e. The Balaban J connectivity index is 1.76. The summed E-state index contributed by atoms with van der Waals surface area (Å²) in [5.74, 6) is 0.922. The molecule has 5 nitrogen and oxygen atoms in total. The number of amides is 1. The third-order valence-electron chi connectivity index (χ3n) is 5.76. The second-order valence-corrected chi connectivity index (χ2v) is 9.96. The summed E-state index contributed by atoms with van der Waals surface area (Å²) < 4.78 is 15.3. The van der Waals surface area contributed by atoms with Crippen molar-refractivity contribution in [1.29, 1.82) is 0 Å². The van der Waals surface area contributed by atoms with E-state index in [2.05, 4.69) is 15.5 Å². The van der Waals surface area contributed by atoms with Crippen molar-refractivity contribution < 1.29 is 9.18 Å². The van der Waals surface area contributed by atoms with Gasteiger partial charge in [0, 0.05) is 17.2 Å². The molecule has 0 saturated carbocycles. The van der Waals surface area contributed by atoms with Crippen LogP contribution in [0.4, 0.5) is 4.39 Å². The van der Waals surface area contributed by atoms with Gasteiger partial charge in [-0.1, -0.05) is 78.8 Å². The van der Waals surface area contributed by atoms with E-state index in [0.717, 1.165) is 28.8 Å². The Labute approximate surface area is 220 Å². The van der Waals surface area contributed by atoms with Crippen LogP contribution in [-0.4, -0.2) is 20.7 Å². The number of aryl methyl sites for hydroxylation is 1. The van der Waals surface area contributed by atoms with Crippen molar-refractivity contribution in [2.24, 2.45) is 0 Å². The standard InChI is InChI=1S/C28H28ClFN4OS/c1-3-7-26(35)31-24(16-20-8-5-4-6-9-20)27-32-33-28(36-18-21-11-14-23(30)15-12-21)34(27)25-17-22(29)13-10-19(25)2/h4-6,8-15,17,24H,3,7,16,18H2,1-2H3,(H,31,35). The van der Waals surface area contributed by atoms with Crippen molar-refractivity contribution in [3.8, 4) is 5.69 Å². The van der Waals surface area contributed by atoms with Crippen LogP contribution >= 0.6 is 23.4 Å². The molecule has 4 rings (SSSR count). The van der Waals surface area contributed by atoms with Gasteiger partial charge >= 0.3 is 0 Å². The number of halogens is 2. The summed E-state index contributed by atoms with van der Waals surface area (Å²) in [5, 5.41) is 13.5. The summed E-state index contributed by atoms with van der Waals surface area (Å²) in [6.45, 7) is 3.99. The monoisotopic (exact) mass is 522 g/mol. The Bertz CT molecular complexity index is 1310. The SMILES string of the molecule is CCCC(=O)NC(Cc1ccccc1)c1nnc(SCc2ccc(F)cc2)n1-c1cc(Cl)ccc1C. The highest BCUT2D eigenvalue weighted by Crippen LogP contribution is 2.31. The Kier molecular flexibility index (Phi) is 8.78. The Hall–Kier alpha value is -3.16. The normalized spacial score (nSPS) is 11.9. The average Bonchev–Trinajstić information content (AvgIpc) is 3.29. The third kappa shape index (κ3) is 6.53. The molecule has 36 heavy (non-hydrogen) atoms. The molecule has 3 aromatic carbocycles. The van der Waals surface area contributed by atoms with Crippen LogP contribution in [0.1, 0.15) is 48.3 Å². The molecule has 0 aliphatic carbocycles. The van der Waals surface area contributed by atoms with Crippen LogP contribution in [0, 0.1) is 12.7 Å². The number of thioether (sulfide) groups is 1. The summed E-state index contributed by atoms with van der Waals surface area (Å²) in [6, 6.07) is 21.7. The van der Waals surface area contributed by atoms with Crippen LogP contribution in [-0.2, 0) is 17.0 Å². The fourth-order valence-corrected chi connectivity index (χ4v) is 5.00. The van der Waals surface area contributed by atoms with E-state index in [1.54, 1.807) is 12.1 Å². The van der Waals surface area contributed by atoms with Gasteiger partial charge in [0.2, 0.25) is 5.91 Å². The molecule has 1 heterocycles. The van der Waals surface area contributed by atoms with E-state index in [4.69, 9.17) is 11.6 Å². The fourth-order valence-electron chi connectivity index (χ4n) is 3.93. The molecular formula is C28H28ClFN4OS. The Morgan fingerprint density at radius 1 is 1.06 bits per heavy atom. The van der Waals surface area contributed by atoms with Gasteiger partial charge in [0.05, 0.1) is 11.7 Å². The summed E-state index contributed by atoms with van der Waals surface area (Å²) in [5.41, 5.74) is 3.91. The molecule has 1 aromatic heterocycles. The minimum Gasteiger partial charge on any atom is -0.346 e. The number of hydrogen-bond acceptors (Lipinski definition) is 4. The molecule has 0 radical (unpaired) electrons. The molecule has 1 amide bonds. The number of benzene rings is 3. The van der Waals surface area contributed by atoms with Gasteiger partial charge in [0.15, 0.2) is 11.0 Å². The Morgan fingerprint density at radius 3 is 2.53 bits per heavy atom. The maximum atomic E-state index is 13.4. The van der Waals surface area contributed by atoms with Crippen molar-refractivity contribution in [2.45, 2.75) is 50.1 Å². The molecule has 4 aromatic rings. The molecule has 0 fully saturated rings. The number of carbonyl (C=O) groups excluding carboxylic acids is 1. The van der Waals surface area contributed by atoms with E-state index < -0.39 is 6.04 Å². The molecule has 1 N–H and O–H groups in total. The molecule has 0 spiro atoms. The van der Waals surface area contributed by atoms with Gasteiger partial charge < -0.3 is 5.32 Å². The number of carbonyl (C=O) groups is 1. The van der Waals surface area contributed by atoms with Crippen molar-refractivity contribution >= 4 is 29.3 Å². The second-order valence-electron chi connectivity index (χ2n) is 8.58. The largest absolute Gasteiger partial charge is 0.346 e. The lowest BCUT2D eigenvalue weighted by molar-refractivity contribution is -0.121. The van der Waals surface area contributed by atoms with E-state index >= 15 is 0 Å². The highest BCUT2D eigenvalue weighted by molar-refractivity contribution is 7.98. The first kappa shape index (κ1) is 25.9. The van der Waals surface area contributed by atoms with E-state index in [0.29, 0.717) is 34.6 Å².